The number of ether oxygens (including phenoxy) is 2. The first-order valence-electron chi connectivity index (χ1n) is 5.98. The van der Waals surface area contributed by atoms with Crippen LogP contribution in [0.25, 0.3) is 0 Å². The minimum atomic E-state index is -1.11. The Morgan fingerprint density at radius 1 is 1.35 bits per heavy atom. The Balaban J connectivity index is 2.49. The number of hydrogen-bond acceptors (Lipinski definition) is 3. The second-order valence-electron chi connectivity index (χ2n) is 5.29. The Hall–Kier alpha value is -0.930. The summed E-state index contributed by atoms with van der Waals surface area (Å²) < 4.78 is 10.9. The van der Waals surface area contributed by atoms with E-state index in [0.717, 1.165) is 12.8 Å². The van der Waals surface area contributed by atoms with Gasteiger partial charge < -0.3 is 9.47 Å². The van der Waals surface area contributed by atoms with E-state index in [9.17, 15) is 4.79 Å². The molecule has 2 atom stereocenters. The van der Waals surface area contributed by atoms with Gasteiger partial charge in [-0.15, -0.1) is 0 Å². The SMILES string of the molecule is COC1(OC)C(=O)C=C[C@@]2(C)CC(C)=CC[C@@H]12. The van der Waals surface area contributed by atoms with Gasteiger partial charge in [-0.05, 0) is 31.3 Å². The topological polar surface area (TPSA) is 35.5 Å². The zero-order valence-corrected chi connectivity index (χ0v) is 10.9. The Morgan fingerprint density at radius 3 is 2.59 bits per heavy atom. The Bertz CT molecular complexity index is 390. The molecule has 0 radical (unpaired) electrons. The Kier molecular flexibility index (Phi) is 3.00. The molecule has 2 aliphatic rings. The number of carbonyl (C=O) groups excluding carboxylic acids is 1. The van der Waals surface area contributed by atoms with Crippen LogP contribution in [-0.4, -0.2) is 25.8 Å². The van der Waals surface area contributed by atoms with Gasteiger partial charge in [0.2, 0.25) is 11.6 Å². The van der Waals surface area contributed by atoms with Crippen LogP contribution in [0.5, 0.6) is 0 Å². The smallest absolute Gasteiger partial charge is 0.236 e. The van der Waals surface area contributed by atoms with E-state index in [4.69, 9.17) is 9.47 Å². The minimum absolute atomic E-state index is 0.0474. The van der Waals surface area contributed by atoms with E-state index >= 15 is 0 Å². The zero-order valence-electron chi connectivity index (χ0n) is 10.9. The molecule has 17 heavy (non-hydrogen) atoms. The molecule has 0 fully saturated rings. The first kappa shape index (κ1) is 12.5. The molecule has 0 bridgehead atoms. The first-order valence-corrected chi connectivity index (χ1v) is 5.98. The van der Waals surface area contributed by atoms with Crippen LogP contribution in [0.2, 0.25) is 0 Å². The lowest BCUT2D eigenvalue weighted by Gasteiger charge is -2.49. The number of fused-ring (bicyclic) bond motifs is 1. The average molecular weight is 236 g/mol. The molecule has 0 aromatic rings. The average Bonchev–Trinajstić information content (AvgIpc) is 2.30. The van der Waals surface area contributed by atoms with Crippen molar-refractivity contribution in [2.45, 2.75) is 32.5 Å². The van der Waals surface area contributed by atoms with Crippen molar-refractivity contribution < 1.29 is 14.3 Å². The molecule has 0 aromatic carbocycles. The molecular weight excluding hydrogens is 216 g/mol. The predicted octanol–water partition coefficient (Wildman–Crippen LogP) is 2.48. The van der Waals surface area contributed by atoms with E-state index in [2.05, 4.69) is 19.9 Å². The van der Waals surface area contributed by atoms with Crippen molar-refractivity contribution in [1.29, 1.82) is 0 Å². The second-order valence-corrected chi connectivity index (χ2v) is 5.29. The van der Waals surface area contributed by atoms with Gasteiger partial charge in [-0.1, -0.05) is 24.6 Å². The van der Waals surface area contributed by atoms with Crippen molar-refractivity contribution in [3.8, 4) is 0 Å². The van der Waals surface area contributed by atoms with E-state index in [1.165, 1.54) is 5.57 Å². The molecule has 3 nitrogen and oxygen atoms in total. The van der Waals surface area contributed by atoms with Crippen LogP contribution >= 0.6 is 0 Å². The number of carbonyl (C=O) groups is 1. The Labute approximate surface area is 102 Å². The van der Waals surface area contributed by atoms with E-state index in [1.54, 1.807) is 20.3 Å². The normalized spacial score (nSPS) is 35.4. The van der Waals surface area contributed by atoms with Crippen LogP contribution in [0.3, 0.4) is 0 Å². The van der Waals surface area contributed by atoms with Crippen molar-refractivity contribution in [2.24, 2.45) is 11.3 Å². The fraction of sp³-hybridized carbons (Fsp3) is 0.643. The molecule has 0 unspecified atom stereocenters. The summed E-state index contributed by atoms with van der Waals surface area (Å²) in [5.74, 6) is -1.15. The van der Waals surface area contributed by atoms with Crippen molar-refractivity contribution in [3.05, 3.63) is 23.8 Å². The third-order valence-electron chi connectivity index (χ3n) is 4.18. The molecule has 0 N–H and O–H groups in total. The molecule has 0 aliphatic heterocycles. The number of ketones is 1. The number of allylic oxidation sites excluding steroid dienone is 3. The van der Waals surface area contributed by atoms with Crippen LogP contribution in [-0.2, 0) is 14.3 Å². The molecule has 2 aliphatic carbocycles. The zero-order chi connectivity index (χ0) is 12.7. The van der Waals surface area contributed by atoms with Gasteiger partial charge in [0.25, 0.3) is 0 Å². The highest BCUT2D eigenvalue weighted by molar-refractivity contribution is 5.97. The number of methoxy groups -OCH3 is 2. The summed E-state index contributed by atoms with van der Waals surface area (Å²) in [5, 5.41) is 0. The lowest BCUT2D eigenvalue weighted by molar-refractivity contribution is -0.243. The van der Waals surface area contributed by atoms with Gasteiger partial charge in [-0.25, -0.2) is 0 Å². The first-order chi connectivity index (χ1) is 7.98. The van der Waals surface area contributed by atoms with Crippen molar-refractivity contribution in [3.63, 3.8) is 0 Å². The summed E-state index contributed by atoms with van der Waals surface area (Å²) in [6.07, 6.45) is 7.59. The van der Waals surface area contributed by atoms with Crippen molar-refractivity contribution in [2.75, 3.05) is 14.2 Å². The van der Waals surface area contributed by atoms with Crippen LogP contribution in [0.15, 0.2) is 23.8 Å². The maximum Gasteiger partial charge on any atom is 0.236 e. The van der Waals surface area contributed by atoms with E-state index in [-0.39, 0.29) is 17.1 Å². The maximum atomic E-state index is 12.1. The summed E-state index contributed by atoms with van der Waals surface area (Å²) in [5.41, 5.74) is 1.31. The minimum Gasteiger partial charge on any atom is -0.346 e. The maximum absolute atomic E-state index is 12.1. The molecular formula is C14H20O3. The quantitative estimate of drug-likeness (QED) is 0.546. The standard InChI is InChI=1S/C14H20O3/c1-10-5-6-11-13(2,9-10)8-7-12(15)14(11,16-3)17-4/h5,7-8,11H,6,9H2,1-4H3/t11-,13+/m1/s1. The summed E-state index contributed by atoms with van der Waals surface area (Å²) >= 11 is 0. The second kappa shape index (κ2) is 4.07. The van der Waals surface area contributed by atoms with E-state index in [0.29, 0.717) is 0 Å². The van der Waals surface area contributed by atoms with Gasteiger partial charge in [-0.3, -0.25) is 4.79 Å². The van der Waals surface area contributed by atoms with E-state index in [1.807, 2.05) is 6.08 Å². The molecule has 94 valence electrons. The molecule has 0 aromatic heterocycles. The Morgan fingerprint density at radius 2 is 2.00 bits per heavy atom. The van der Waals surface area contributed by atoms with Crippen LogP contribution in [0, 0.1) is 11.3 Å². The molecule has 0 heterocycles. The third kappa shape index (κ3) is 1.69. The summed E-state index contributed by atoms with van der Waals surface area (Å²) in [7, 11) is 3.10. The molecule has 3 heteroatoms. The highest BCUT2D eigenvalue weighted by Crippen LogP contribution is 2.51. The van der Waals surface area contributed by atoms with Crippen molar-refractivity contribution >= 4 is 5.78 Å². The number of hydrogen-bond donors (Lipinski definition) is 0. The largest absolute Gasteiger partial charge is 0.346 e. The molecule has 2 rings (SSSR count). The highest BCUT2D eigenvalue weighted by atomic mass is 16.7. The lowest BCUT2D eigenvalue weighted by atomic mass is 9.61. The number of rotatable bonds is 2. The predicted molar refractivity (Wildman–Crippen MR) is 65.5 cm³/mol. The molecule has 0 saturated carbocycles. The fourth-order valence-electron chi connectivity index (χ4n) is 3.27. The molecule has 0 amide bonds. The summed E-state index contributed by atoms with van der Waals surface area (Å²) in [6, 6.07) is 0. The fourth-order valence-corrected chi connectivity index (χ4v) is 3.27. The lowest BCUT2D eigenvalue weighted by Crippen LogP contribution is -2.57. The van der Waals surface area contributed by atoms with Gasteiger partial charge in [0, 0.05) is 20.1 Å². The van der Waals surface area contributed by atoms with Crippen LogP contribution < -0.4 is 0 Å². The summed E-state index contributed by atoms with van der Waals surface area (Å²) in [6.45, 7) is 4.30. The summed E-state index contributed by atoms with van der Waals surface area (Å²) in [4.78, 5) is 12.1. The van der Waals surface area contributed by atoms with E-state index < -0.39 is 5.79 Å². The van der Waals surface area contributed by atoms with Gasteiger partial charge in [0.1, 0.15) is 0 Å². The monoisotopic (exact) mass is 236 g/mol. The van der Waals surface area contributed by atoms with Gasteiger partial charge in [-0.2, -0.15) is 0 Å². The van der Waals surface area contributed by atoms with Gasteiger partial charge in [0.05, 0.1) is 0 Å². The van der Waals surface area contributed by atoms with Crippen molar-refractivity contribution in [1.82, 2.24) is 0 Å². The van der Waals surface area contributed by atoms with Crippen LogP contribution in [0.1, 0.15) is 26.7 Å². The van der Waals surface area contributed by atoms with Gasteiger partial charge >= 0.3 is 0 Å². The third-order valence-corrected chi connectivity index (χ3v) is 4.18. The molecule has 0 saturated heterocycles. The highest BCUT2D eigenvalue weighted by Gasteiger charge is 2.55. The van der Waals surface area contributed by atoms with Gasteiger partial charge in [0.15, 0.2) is 0 Å². The van der Waals surface area contributed by atoms with Crippen LogP contribution in [0.4, 0.5) is 0 Å². The molecule has 0 spiro atoms.